The van der Waals surface area contributed by atoms with Gasteiger partial charge in [-0.15, -0.1) is 0 Å². The van der Waals surface area contributed by atoms with Crippen LogP contribution in [-0.2, 0) is 32.0 Å². The fraction of sp³-hybridized carbons (Fsp3) is 0.464. The van der Waals surface area contributed by atoms with Gasteiger partial charge in [0, 0.05) is 6.42 Å². The highest BCUT2D eigenvalue weighted by atomic mass is 16.6. The van der Waals surface area contributed by atoms with Gasteiger partial charge in [-0.3, -0.25) is 14.4 Å². The average Bonchev–Trinajstić information content (AvgIpc) is 2.75. The van der Waals surface area contributed by atoms with Crippen molar-refractivity contribution in [3.8, 4) is 5.75 Å². The van der Waals surface area contributed by atoms with E-state index >= 15 is 0 Å². The monoisotopic (exact) mass is 465 g/mol. The third-order valence-corrected chi connectivity index (χ3v) is 6.14. The van der Waals surface area contributed by atoms with Crippen LogP contribution in [-0.4, -0.2) is 45.9 Å². The topological polar surface area (TPSA) is 83.9 Å². The van der Waals surface area contributed by atoms with Crippen LogP contribution in [0.5, 0.6) is 5.75 Å². The Labute approximate surface area is 201 Å². The molecule has 34 heavy (non-hydrogen) atoms. The molecule has 1 unspecified atom stereocenters. The molecule has 0 aliphatic heterocycles. The summed E-state index contributed by atoms with van der Waals surface area (Å²) in [6.07, 6.45) is 3.15. The van der Waals surface area contributed by atoms with Crippen LogP contribution >= 0.6 is 0 Å². The third-order valence-electron chi connectivity index (χ3n) is 6.14. The van der Waals surface area contributed by atoms with Crippen molar-refractivity contribution in [1.82, 2.24) is 4.90 Å². The molecule has 2 atom stereocenters. The van der Waals surface area contributed by atoms with Gasteiger partial charge >= 0.3 is 5.97 Å². The number of phenols is 1. The van der Waals surface area contributed by atoms with Crippen molar-refractivity contribution in [2.24, 2.45) is 0 Å². The van der Waals surface area contributed by atoms with Gasteiger partial charge in [-0.25, -0.2) is 0 Å². The van der Waals surface area contributed by atoms with E-state index in [1.165, 1.54) is 11.8 Å². The first-order valence-electron chi connectivity index (χ1n) is 11.9. The van der Waals surface area contributed by atoms with E-state index in [0.717, 1.165) is 36.0 Å². The van der Waals surface area contributed by atoms with E-state index in [1.807, 2.05) is 36.4 Å². The number of hydrogen-bond acceptors (Lipinski definition) is 5. The summed E-state index contributed by atoms with van der Waals surface area (Å²) in [6.45, 7) is 6.51. The lowest BCUT2D eigenvalue weighted by atomic mass is 9.80. The SMILES string of the molecule is CC(=O)[C@H](Cc1ccccc1)N(CC(=O)OC(C)(C)C)C(=O)CC1CCCc2cc(O)ccc21. The van der Waals surface area contributed by atoms with E-state index < -0.39 is 17.6 Å². The molecule has 0 bridgehead atoms. The van der Waals surface area contributed by atoms with Crippen molar-refractivity contribution in [2.45, 2.75) is 77.4 Å². The van der Waals surface area contributed by atoms with E-state index in [4.69, 9.17) is 4.74 Å². The smallest absolute Gasteiger partial charge is 0.326 e. The molecule has 1 aliphatic rings. The molecule has 0 spiro atoms. The average molecular weight is 466 g/mol. The Morgan fingerprint density at radius 2 is 1.82 bits per heavy atom. The number of carbonyl (C=O) groups is 3. The highest BCUT2D eigenvalue weighted by molar-refractivity contribution is 5.90. The van der Waals surface area contributed by atoms with E-state index in [2.05, 4.69) is 0 Å². The normalized spacial score (nSPS) is 16.3. The maximum atomic E-state index is 13.6. The zero-order valence-electron chi connectivity index (χ0n) is 20.5. The number of aromatic hydroxyl groups is 1. The minimum Gasteiger partial charge on any atom is -0.508 e. The summed E-state index contributed by atoms with van der Waals surface area (Å²) in [7, 11) is 0. The fourth-order valence-corrected chi connectivity index (χ4v) is 4.64. The van der Waals surface area contributed by atoms with E-state index in [1.54, 1.807) is 32.9 Å². The summed E-state index contributed by atoms with van der Waals surface area (Å²) < 4.78 is 5.49. The molecule has 0 saturated heterocycles. The van der Waals surface area contributed by atoms with E-state index in [-0.39, 0.29) is 36.3 Å². The molecule has 6 heteroatoms. The van der Waals surface area contributed by atoms with Crippen molar-refractivity contribution in [1.29, 1.82) is 0 Å². The molecule has 1 N–H and O–H groups in total. The second kappa shape index (κ2) is 10.9. The predicted molar refractivity (Wildman–Crippen MR) is 131 cm³/mol. The number of Topliss-reactive ketones (excluding diaryl/α,β-unsaturated/α-hetero) is 1. The van der Waals surface area contributed by atoms with Crippen molar-refractivity contribution in [2.75, 3.05) is 6.54 Å². The Bertz CT molecular complexity index is 1020. The van der Waals surface area contributed by atoms with Gasteiger partial charge in [-0.1, -0.05) is 36.4 Å². The summed E-state index contributed by atoms with van der Waals surface area (Å²) in [5.74, 6) is -0.754. The van der Waals surface area contributed by atoms with Crippen LogP contribution in [0.1, 0.15) is 69.6 Å². The zero-order valence-corrected chi connectivity index (χ0v) is 20.5. The van der Waals surface area contributed by atoms with E-state index in [9.17, 15) is 19.5 Å². The molecule has 1 aliphatic carbocycles. The number of ketones is 1. The maximum absolute atomic E-state index is 13.6. The summed E-state index contributed by atoms with van der Waals surface area (Å²) in [5, 5.41) is 9.85. The molecule has 0 aromatic heterocycles. The molecule has 0 fully saturated rings. The number of phenolic OH excluding ortho intramolecular Hbond substituents is 1. The minimum atomic E-state index is -0.759. The van der Waals surface area contributed by atoms with Gasteiger partial charge in [0.05, 0.1) is 6.04 Å². The van der Waals surface area contributed by atoms with Crippen LogP contribution in [0.3, 0.4) is 0 Å². The largest absolute Gasteiger partial charge is 0.508 e. The van der Waals surface area contributed by atoms with E-state index in [0.29, 0.717) is 6.42 Å². The Morgan fingerprint density at radius 1 is 1.12 bits per heavy atom. The molecule has 1 amide bonds. The number of carbonyl (C=O) groups excluding carboxylic acids is 3. The van der Waals surface area contributed by atoms with Crippen molar-refractivity contribution >= 4 is 17.7 Å². The molecule has 3 rings (SSSR count). The van der Waals surface area contributed by atoms with Gasteiger partial charge in [0.15, 0.2) is 5.78 Å². The lowest BCUT2D eigenvalue weighted by Gasteiger charge is -2.33. The summed E-state index contributed by atoms with van der Waals surface area (Å²) in [6, 6.07) is 14.0. The molecule has 0 heterocycles. The van der Waals surface area contributed by atoms with Gasteiger partial charge in [0.2, 0.25) is 5.91 Å². The standard InChI is InChI=1S/C28H35NO5/c1-19(30)25(15-20-9-6-5-7-10-20)29(18-27(33)34-28(2,3)4)26(32)17-22-12-8-11-21-16-23(31)13-14-24(21)22/h5-7,9-10,13-14,16,22,25,31H,8,11-12,15,17-18H2,1-4H3/t22?,25-/m0/s1. The quantitative estimate of drug-likeness (QED) is 0.577. The molecule has 0 radical (unpaired) electrons. The van der Waals surface area contributed by atoms with Crippen LogP contribution in [0.4, 0.5) is 0 Å². The number of aryl methyl sites for hydroxylation is 1. The Hall–Kier alpha value is -3.15. The molecule has 0 saturated carbocycles. The first-order valence-corrected chi connectivity index (χ1v) is 11.9. The lowest BCUT2D eigenvalue weighted by Crippen LogP contribution is -2.49. The number of benzene rings is 2. The first kappa shape index (κ1) is 25.5. The number of nitrogens with zero attached hydrogens (tertiary/aromatic N) is 1. The number of hydrogen-bond donors (Lipinski definition) is 1. The summed E-state index contributed by atoms with van der Waals surface area (Å²) in [4.78, 5) is 40.5. The number of esters is 1. The van der Waals surface area contributed by atoms with Crippen LogP contribution in [0, 0.1) is 0 Å². The Balaban J connectivity index is 1.87. The molecular weight excluding hydrogens is 430 g/mol. The summed E-state index contributed by atoms with van der Waals surface area (Å²) >= 11 is 0. The van der Waals surface area contributed by atoms with Gasteiger partial charge < -0.3 is 14.7 Å². The number of fused-ring (bicyclic) bond motifs is 1. The predicted octanol–water partition coefficient (Wildman–Crippen LogP) is 4.57. The Kier molecular flexibility index (Phi) is 8.13. The van der Waals surface area contributed by atoms with Crippen LogP contribution < -0.4 is 0 Å². The number of rotatable bonds is 8. The van der Waals surface area contributed by atoms with Crippen LogP contribution in [0.25, 0.3) is 0 Å². The Morgan fingerprint density at radius 3 is 2.47 bits per heavy atom. The first-order chi connectivity index (χ1) is 16.0. The van der Waals surface area contributed by atoms with Crippen LogP contribution in [0.2, 0.25) is 0 Å². The fourth-order valence-electron chi connectivity index (χ4n) is 4.64. The highest BCUT2D eigenvalue weighted by Crippen LogP contribution is 2.36. The van der Waals surface area contributed by atoms with Crippen molar-refractivity contribution in [3.63, 3.8) is 0 Å². The summed E-state index contributed by atoms with van der Waals surface area (Å²) in [5.41, 5.74) is 2.33. The van der Waals surface area contributed by atoms with Crippen LogP contribution in [0.15, 0.2) is 48.5 Å². The van der Waals surface area contributed by atoms with Gasteiger partial charge in [0.1, 0.15) is 17.9 Å². The molecule has 2 aromatic carbocycles. The maximum Gasteiger partial charge on any atom is 0.326 e. The number of amides is 1. The molecule has 182 valence electrons. The molecule has 6 nitrogen and oxygen atoms in total. The third kappa shape index (κ3) is 6.92. The highest BCUT2D eigenvalue weighted by Gasteiger charge is 2.33. The minimum absolute atomic E-state index is 0.0256. The second-order valence-corrected chi connectivity index (χ2v) is 10.1. The number of ether oxygens (including phenoxy) is 1. The van der Waals surface area contributed by atoms with Crippen molar-refractivity contribution < 1.29 is 24.2 Å². The molecular formula is C28H35NO5. The second-order valence-electron chi connectivity index (χ2n) is 10.1. The van der Waals surface area contributed by atoms with Crippen molar-refractivity contribution in [3.05, 3.63) is 65.2 Å². The van der Waals surface area contributed by atoms with Gasteiger partial charge in [-0.2, -0.15) is 0 Å². The van der Waals surface area contributed by atoms with Gasteiger partial charge in [0.25, 0.3) is 0 Å². The molecule has 2 aromatic rings. The lowest BCUT2D eigenvalue weighted by molar-refractivity contribution is -0.160. The van der Waals surface area contributed by atoms with Gasteiger partial charge in [-0.05, 0) is 88.1 Å². The zero-order chi connectivity index (χ0) is 24.9.